The van der Waals surface area contributed by atoms with Gasteiger partial charge in [0.1, 0.15) is 0 Å². The van der Waals surface area contributed by atoms with Crippen LogP contribution in [0.15, 0.2) is 48.7 Å². The normalized spacial score (nSPS) is 10.9. The summed E-state index contributed by atoms with van der Waals surface area (Å²) in [6.07, 6.45) is 4.32. The Bertz CT molecular complexity index is 857. The summed E-state index contributed by atoms with van der Waals surface area (Å²) in [4.78, 5) is 12.2. The molecule has 0 aliphatic heterocycles. The largest absolute Gasteiger partial charge is 0.326 e. The van der Waals surface area contributed by atoms with Gasteiger partial charge in [-0.2, -0.15) is 16.9 Å². The third kappa shape index (κ3) is 3.97. The van der Waals surface area contributed by atoms with E-state index in [1.807, 2.05) is 29.1 Å². The van der Waals surface area contributed by atoms with E-state index in [4.69, 9.17) is 0 Å². The van der Waals surface area contributed by atoms with Gasteiger partial charge in [0.15, 0.2) is 0 Å². The third-order valence-corrected chi connectivity index (χ3v) is 4.49. The summed E-state index contributed by atoms with van der Waals surface area (Å²) in [6.45, 7) is 2.63. The number of carbonyl (C=O) groups is 1. The lowest BCUT2D eigenvalue weighted by Gasteiger charge is -2.08. The van der Waals surface area contributed by atoms with E-state index in [1.165, 1.54) is 11.1 Å². The van der Waals surface area contributed by atoms with Crippen molar-refractivity contribution < 1.29 is 4.79 Å². The van der Waals surface area contributed by atoms with Gasteiger partial charge in [0, 0.05) is 23.2 Å². The number of hydrogen-bond donors (Lipinski definition) is 1. The maximum Gasteiger partial charge on any atom is 0.226 e. The number of aryl methyl sites for hydroxylation is 2. The van der Waals surface area contributed by atoms with E-state index >= 15 is 0 Å². The molecule has 0 unspecified atom stereocenters. The Hall–Kier alpha value is -2.27. The minimum absolute atomic E-state index is 0.00704. The van der Waals surface area contributed by atoms with Crippen molar-refractivity contribution in [1.82, 2.24) is 9.78 Å². The van der Waals surface area contributed by atoms with Crippen molar-refractivity contribution in [2.45, 2.75) is 25.6 Å². The summed E-state index contributed by atoms with van der Waals surface area (Å²) in [5.41, 5.74) is 4.34. The quantitative estimate of drug-likeness (QED) is 0.731. The van der Waals surface area contributed by atoms with Gasteiger partial charge in [0.05, 0.1) is 18.3 Å². The van der Waals surface area contributed by atoms with Crippen LogP contribution in [0, 0.1) is 6.92 Å². The van der Waals surface area contributed by atoms with Crippen LogP contribution in [0.1, 0.15) is 17.5 Å². The predicted octanol–water partition coefficient (Wildman–Crippen LogP) is 4.24. The highest BCUT2D eigenvalue weighted by molar-refractivity contribution is 7.97. The molecule has 0 atom stereocenters. The number of benzene rings is 2. The first kappa shape index (κ1) is 16.6. The third-order valence-electron chi connectivity index (χ3n) is 3.87. The molecule has 24 heavy (non-hydrogen) atoms. The molecule has 1 amide bonds. The molecule has 0 radical (unpaired) electrons. The van der Waals surface area contributed by atoms with Crippen LogP contribution in [-0.4, -0.2) is 21.9 Å². The molecule has 0 aliphatic carbocycles. The van der Waals surface area contributed by atoms with Crippen LogP contribution >= 0.6 is 11.8 Å². The molecule has 1 N–H and O–H groups in total. The molecule has 0 fully saturated rings. The highest BCUT2D eigenvalue weighted by Gasteiger charge is 2.07. The lowest BCUT2D eigenvalue weighted by Crippen LogP contribution is -2.15. The maximum absolute atomic E-state index is 12.2. The minimum Gasteiger partial charge on any atom is -0.326 e. The number of thioether (sulfide) groups is 1. The number of aromatic nitrogens is 2. The maximum atomic E-state index is 12.2. The van der Waals surface area contributed by atoms with Crippen LogP contribution in [0.4, 0.5) is 5.69 Å². The van der Waals surface area contributed by atoms with Gasteiger partial charge in [-0.15, -0.1) is 0 Å². The van der Waals surface area contributed by atoms with Crippen LogP contribution in [0.5, 0.6) is 0 Å². The molecule has 4 nitrogen and oxygen atoms in total. The van der Waals surface area contributed by atoms with Gasteiger partial charge in [0.2, 0.25) is 5.91 Å². The molecule has 0 bridgehead atoms. The van der Waals surface area contributed by atoms with E-state index in [2.05, 4.69) is 47.9 Å². The number of anilines is 1. The van der Waals surface area contributed by atoms with Gasteiger partial charge in [0.25, 0.3) is 0 Å². The number of amides is 1. The Kier molecular flexibility index (Phi) is 5.20. The van der Waals surface area contributed by atoms with E-state index in [0.717, 1.165) is 22.3 Å². The van der Waals surface area contributed by atoms with Gasteiger partial charge >= 0.3 is 0 Å². The van der Waals surface area contributed by atoms with Gasteiger partial charge in [-0.3, -0.25) is 9.48 Å². The molecule has 1 heterocycles. The van der Waals surface area contributed by atoms with E-state index in [9.17, 15) is 4.79 Å². The van der Waals surface area contributed by atoms with E-state index in [1.54, 1.807) is 11.8 Å². The lowest BCUT2D eigenvalue weighted by molar-refractivity contribution is -0.116. The Labute approximate surface area is 146 Å². The molecule has 5 heteroatoms. The van der Waals surface area contributed by atoms with Crippen molar-refractivity contribution >= 4 is 34.3 Å². The summed E-state index contributed by atoms with van der Waals surface area (Å²) >= 11 is 1.77. The molecule has 0 spiro atoms. The second-order valence-corrected chi connectivity index (χ2v) is 6.73. The van der Waals surface area contributed by atoms with Crippen LogP contribution in [0.2, 0.25) is 0 Å². The fraction of sp³-hybridized carbons (Fsp3) is 0.263. The minimum atomic E-state index is 0.00704. The van der Waals surface area contributed by atoms with E-state index in [-0.39, 0.29) is 5.91 Å². The molecule has 124 valence electrons. The summed E-state index contributed by atoms with van der Waals surface area (Å²) in [7, 11) is 0. The van der Waals surface area contributed by atoms with Gasteiger partial charge in [-0.1, -0.05) is 24.3 Å². The number of nitrogens with one attached hydrogen (secondary N) is 1. The van der Waals surface area contributed by atoms with E-state index < -0.39 is 0 Å². The Morgan fingerprint density at radius 1 is 1.25 bits per heavy atom. The fourth-order valence-corrected chi connectivity index (χ4v) is 3.21. The Balaban J connectivity index is 1.62. The second-order valence-electron chi connectivity index (χ2n) is 5.86. The van der Waals surface area contributed by atoms with Crippen molar-refractivity contribution in [3.63, 3.8) is 0 Å². The molecular formula is C19H21N3OS. The van der Waals surface area contributed by atoms with Gasteiger partial charge in [-0.25, -0.2) is 0 Å². The molecule has 2 aromatic carbocycles. The molecule has 3 aromatic rings. The van der Waals surface area contributed by atoms with Crippen molar-refractivity contribution in [2.75, 3.05) is 11.6 Å². The number of carbonyl (C=O) groups excluding carboxylic acids is 1. The monoisotopic (exact) mass is 339 g/mol. The summed E-state index contributed by atoms with van der Waals surface area (Å²) in [6, 6.07) is 14.2. The zero-order chi connectivity index (χ0) is 16.9. The van der Waals surface area contributed by atoms with Crippen LogP contribution in [0.3, 0.4) is 0 Å². The number of nitrogens with zero attached hydrogens (tertiary/aromatic N) is 2. The molecule has 0 aliphatic rings. The van der Waals surface area contributed by atoms with E-state index in [0.29, 0.717) is 13.0 Å². The smallest absolute Gasteiger partial charge is 0.226 e. The zero-order valence-electron chi connectivity index (χ0n) is 14.0. The zero-order valence-corrected chi connectivity index (χ0v) is 14.8. The Morgan fingerprint density at radius 3 is 2.96 bits per heavy atom. The topological polar surface area (TPSA) is 46.9 Å². The second kappa shape index (κ2) is 7.53. The lowest BCUT2D eigenvalue weighted by atomic mass is 10.2. The molecule has 3 rings (SSSR count). The van der Waals surface area contributed by atoms with Crippen LogP contribution < -0.4 is 5.32 Å². The van der Waals surface area contributed by atoms with Crippen LogP contribution in [0.25, 0.3) is 10.9 Å². The number of hydrogen-bond acceptors (Lipinski definition) is 3. The molecule has 1 aromatic heterocycles. The average molecular weight is 339 g/mol. The SMILES string of the molecule is CSCc1cccc(NC(=O)CCn2ncc3ccc(C)cc32)c1. The Morgan fingerprint density at radius 2 is 2.12 bits per heavy atom. The standard InChI is InChI=1S/C19H21N3OS/c1-14-6-7-16-12-20-22(18(16)10-14)9-8-19(23)21-17-5-3-4-15(11-17)13-24-2/h3-7,10-12H,8-9,13H2,1-2H3,(H,21,23). The first-order valence-corrected chi connectivity index (χ1v) is 9.35. The molecular weight excluding hydrogens is 318 g/mol. The van der Waals surface area contributed by atoms with Crippen LogP contribution in [-0.2, 0) is 17.1 Å². The molecule has 0 saturated carbocycles. The first-order chi connectivity index (χ1) is 11.7. The van der Waals surface area contributed by atoms with Gasteiger partial charge < -0.3 is 5.32 Å². The van der Waals surface area contributed by atoms with Crippen molar-refractivity contribution in [3.05, 3.63) is 59.8 Å². The first-order valence-electron chi connectivity index (χ1n) is 7.95. The fourth-order valence-electron chi connectivity index (χ4n) is 2.70. The average Bonchev–Trinajstić information content (AvgIpc) is 2.96. The van der Waals surface area contributed by atoms with Crippen molar-refractivity contribution in [3.8, 4) is 0 Å². The highest BCUT2D eigenvalue weighted by atomic mass is 32.2. The summed E-state index contributed by atoms with van der Waals surface area (Å²) in [5, 5.41) is 8.46. The number of fused-ring (bicyclic) bond motifs is 1. The predicted molar refractivity (Wildman–Crippen MR) is 101 cm³/mol. The molecule has 0 saturated heterocycles. The van der Waals surface area contributed by atoms with Crippen molar-refractivity contribution in [2.24, 2.45) is 0 Å². The van der Waals surface area contributed by atoms with Crippen molar-refractivity contribution in [1.29, 1.82) is 0 Å². The van der Waals surface area contributed by atoms with Gasteiger partial charge in [-0.05, 0) is 42.5 Å². The highest BCUT2D eigenvalue weighted by Crippen LogP contribution is 2.17. The summed E-state index contributed by atoms with van der Waals surface area (Å²) < 4.78 is 1.89. The number of rotatable bonds is 6. The summed E-state index contributed by atoms with van der Waals surface area (Å²) in [5.74, 6) is 0.954.